The molecule has 0 aromatic heterocycles. The van der Waals surface area contributed by atoms with Crippen molar-refractivity contribution in [2.75, 3.05) is 0 Å². The van der Waals surface area contributed by atoms with Gasteiger partial charge in [0.25, 0.3) is 0 Å². The Balaban J connectivity index is 3.19. The third-order valence-corrected chi connectivity index (χ3v) is 2.35. The van der Waals surface area contributed by atoms with Crippen molar-refractivity contribution in [1.29, 1.82) is 0 Å². The average molecular weight is 212 g/mol. The van der Waals surface area contributed by atoms with Gasteiger partial charge in [-0.2, -0.15) is 0 Å². The van der Waals surface area contributed by atoms with Crippen molar-refractivity contribution in [1.82, 2.24) is 0 Å². The molecule has 1 unspecified atom stereocenters. The van der Waals surface area contributed by atoms with Crippen LogP contribution in [-0.2, 0) is 0 Å². The second-order valence-electron chi connectivity index (χ2n) is 3.44. The first-order valence-corrected chi connectivity index (χ1v) is 5.08. The summed E-state index contributed by atoms with van der Waals surface area (Å²) in [5.41, 5.74) is 1.87. The summed E-state index contributed by atoms with van der Waals surface area (Å²) in [4.78, 5) is 0. The molecule has 0 spiro atoms. The Kier molecular flexibility index (Phi) is 4.34. The standard InChI is InChI=1S/C15H16O/c1-4-9-13(5-2)15(12(3)16)14-10-7-6-8-11-14/h4-11,15-16H,1-3H2/b13-9+. The van der Waals surface area contributed by atoms with Crippen LogP contribution in [0.25, 0.3) is 0 Å². The van der Waals surface area contributed by atoms with Gasteiger partial charge >= 0.3 is 0 Å². The van der Waals surface area contributed by atoms with Gasteiger partial charge in [0.2, 0.25) is 0 Å². The van der Waals surface area contributed by atoms with E-state index in [9.17, 15) is 5.11 Å². The molecule has 0 saturated carbocycles. The molecule has 0 aliphatic heterocycles. The predicted molar refractivity (Wildman–Crippen MR) is 69.4 cm³/mol. The van der Waals surface area contributed by atoms with Crippen molar-refractivity contribution in [3.8, 4) is 0 Å². The van der Waals surface area contributed by atoms with Crippen molar-refractivity contribution < 1.29 is 5.11 Å². The van der Waals surface area contributed by atoms with Crippen molar-refractivity contribution in [2.45, 2.75) is 5.92 Å². The molecule has 1 N–H and O–H groups in total. The van der Waals surface area contributed by atoms with Crippen LogP contribution in [0, 0.1) is 0 Å². The average Bonchev–Trinajstić information content (AvgIpc) is 2.29. The van der Waals surface area contributed by atoms with E-state index in [-0.39, 0.29) is 11.7 Å². The lowest BCUT2D eigenvalue weighted by atomic mass is 9.89. The number of benzene rings is 1. The van der Waals surface area contributed by atoms with Gasteiger partial charge < -0.3 is 5.11 Å². The van der Waals surface area contributed by atoms with E-state index < -0.39 is 0 Å². The lowest BCUT2D eigenvalue weighted by Crippen LogP contribution is -2.03. The topological polar surface area (TPSA) is 20.2 Å². The Morgan fingerprint density at radius 1 is 1.19 bits per heavy atom. The van der Waals surface area contributed by atoms with Gasteiger partial charge in [-0.25, -0.2) is 0 Å². The fourth-order valence-corrected chi connectivity index (χ4v) is 1.64. The minimum atomic E-state index is -0.239. The number of hydrogen-bond donors (Lipinski definition) is 1. The first-order chi connectivity index (χ1) is 7.70. The molecular formula is C15H16O. The largest absolute Gasteiger partial charge is 0.512 e. The van der Waals surface area contributed by atoms with Gasteiger partial charge in [-0.05, 0) is 11.1 Å². The Morgan fingerprint density at radius 3 is 2.25 bits per heavy atom. The van der Waals surface area contributed by atoms with Crippen LogP contribution >= 0.6 is 0 Å². The molecule has 0 aliphatic rings. The summed E-state index contributed by atoms with van der Waals surface area (Å²) in [5, 5.41) is 9.68. The molecule has 82 valence electrons. The van der Waals surface area contributed by atoms with Crippen LogP contribution in [-0.4, -0.2) is 5.11 Å². The fraction of sp³-hybridized carbons (Fsp3) is 0.0667. The summed E-state index contributed by atoms with van der Waals surface area (Å²) in [6.07, 6.45) is 5.21. The van der Waals surface area contributed by atoms with Crippen LogP contribution in [0.1, 0.15) is 11.5 Å². The van der Waals surface area contributed by atoms with E-state index in [1.807, 2.05) is 36.4 Å². The molecule has 0 saturated heterocycles. The van der Waals surface area contributed by atoms with Crippen LogP contribution in [0.5, 0.6) is 0 Å². The molecule has 1 rings (SSSR count). The van der Waals surface area contributed by atoms with Crippen molar-refractivity contribution in [3.63, 3.8) is 0 Å². The summed E-state index contributed by atoms with van der Waals surface area (Å²) in [6, 6.07) is 9.70. The molecule has 16 heavy (non-hydrogen) atoms. The van der Waals surface area contributed by atoms with Crippen molar-refractivity contribution >= 4 is 0 Å². The van der Waals surface area contributed by atoms with Gasteiger partial charge in [-0.1, -0.05) is 68.3 Å². The number of hydrogen-bond acceptors (Lipinski definition) is 1. The lowest BCUT2D eigenvalue weighted by Gasteiger charge is -2.17. The summed E-state index contributed by atoms with van der Waals surface area (Å²) in [6.45, 7) is 11.0. The van der Waals surface area contributed by atoms with Gasteiger partial charge in [0.05, 0.1) is 11.7 Å². The van der Waals surface area contributed by atoms with E-state index in [1.54, 1.807) is 12.2 Å². The van der Waals surface area contributed by atoms with Gasteiger partial charge in [0.15, 0.2) is 0 Å². The molecule has 1 aromatic carbocycles. The molecular weight excluding hydrogens is 196 g/mol. The fourth-order valence-electron chi connectivity index (χ4n) is 1.64. The second kappa shape index (κ2) is 5.76. The van der Waals surface area contributed by atoms with Gasteiger partial charge in [-0.3, -0.25) is 0 Å². The third-order valence-electron chi connectivity index (χ3n) is 2.35. The maximum atomic E-state index is 9.68. The normalized spacial score (nSPS) is 12.9. The monoisotopic (exact) mass is 212 g/mol. The maximum Gasteiger partial charge on any atom is 0.0969 e. The van der Waals surface area contributed by atoms with Crippen LogP contribution in [0.4, 0.5) is 0 Å². The van der Waals surface area contributed by atoms with Gasteiger partial charge in [0, 0.05) is 0 Å². The van der Waals surface area contributed by atoms with Crippen LogP contribution < -0.4 is 0 Å². The molecule has 0 fully saturated rings. The van der Waals surface area contributed by atoms with Gasteiger partial charge in [-0.15, -0.1) is 0 Å². The molecule has 1 aromatic rings. The first kappa shape index (κ1) is 12.1. The van der Waals surface area contributed by atoms with Crippen LogP contribution in [0.2, 0.25) is 0 Å². The Labute approximate surface area is 96.8 Å². The highest BCUT2D eigenvalue weighted by molar-refractivity contribution is 5.41. The molecule has 0 radical (unpaired) electrons. The van der Waals surface area contributed by atoms with Gasteiger partial charge in [0.1, 0.15) is 0 Å². The van der Waals surface area contributed by atoms with E-state index >= 15 is 0 Å². The molecule has 1 heteroatoms. The number of aliphatic hydroxyl groups is 1. The quantitative estimate of drug-likeness (QED) is 0.574. The Morgan fingerprint density at radius 2 is 1.81 bits per heavy atom. The van der Waals surface area contributed by atoms with Crippen LogP contribution in [0.3, 0.4) is 0 Å². The number of allylic oxidation sites excluding steroid dienone is 4. The summed E-state index contributed by atoms with van der Waals surface area (Å²) >= 11 is 0. The zero-order chi connectivity index (χ0) is 12.0. The highest BCUT2D eigenvalue weighted by atomic mass is 16.3. The first-order valence-electron chi connectivity index (χ1n) is 5.08. The van der Waals surface area contributed by atoms with Crippen molar-refractivity contribution in [2.24, 2.45) is 0 Å². The molecule has 0 amide bonds. The Hall–Kier alpha value is -2.02. The second-order valence-corrected chi connectivity index (χ2v) is 3.44. The predicted octanol–water partition coefficient (Wildman–Crippen LogP) is 4.14. The van der Waals surface area contributed by atoms with E-state index in [0.717, 1.165) is 11.1 Å². The molecule has 1 atom stereocenters. The zero-order valence-corrected chi connectivity index (χ0v) is 9.26. The SMILES string of the molecule is C=C/C=C(\C=C)C(C(=C)O)c1ccccc1. The van der Waals surface area contributed by atoms with E-state index in [1.165, 1.54) is 0 Å². The third kappa shape index (κ3) is 2.74. The summed E-state index contributed by atoms with van der Waals surface area (Å²) in [7, 11) is 0. The minimum Gasteiger partial charge on any atom is -0.512 e. The molecule has 0 bridgehead atoms. The smallest absolute Gasteiger partial charge is 0.0969 e. The Bertz CT molecular complexity index is 412. The highest BCUT2D eigenvalue weighted by Gasteiger charge is 2.16. The van der Waals surface area contributed by atoms with E-state index in [4.69, 9.17) is 0 Å². The number of rotatable bonds is 5. The minimum absolute atomic E-state index is 0.110. The summed E-state index contributed by atoms with van der Waals surface area (Å²) < 4.78 is 0. The van der Waals surface area contributed by atoms with E-state index in [0.29, 0.717) is 0 Å². The van der Waals surface area contributed by atoms with Crippen LogP contribution in [0.15, 0.2) is 79.6 Å². The molecule has 0 aliphatic carbocycles. The highest BCUT2D eigenvalue weighted by Crippen LogP contribution is 2.30. The summed E-state index contributed by atoms with van der Waals surface area (Å²) in [5.74, 6) is -0.129. The maximum absolute atomic E-state index is 9.68. The zero-order valence-electron chi connectivity index (χ0n) is 9.26. The lowest BCUT2D eigenvalue weighted by molar-refractivity contribution is 0.384. The number of aliphatic hydroxyl groups excluding tert-OH is 1. The van der Waals surface area contributed by atoms with E-state index in [2.05, 4.69) is 19.7 Å². The molecule has 0 heterocycles. The van der Waals surface area contributed by atoms with Crippen molar-refractivity contribution in [3.05, 3.63) is 85.2 Å². The molecule has 1 nitrogen and oxygen atoms in total.